The normalized spacial score (nSPS) is 10.0. The summed E-state index contributed by atoms with van der Waals surface area (Å²) in [5, 5.41) is 5.86. The predicted octanol–water partition coefficient (Wildman–Crippen LogP) is 1.22. The maximum Gasteiger partial charge on any atom is 0.233 e. The molecule has 1 aromatic rings. The van der Waals surface area contributed by atoms with Gasteiger partial charge in [0.25, 0.3) is 0 Å². The van der Waals surface area contributed by atoms with Crippen molar-refractivity contribution < 1.29 is 4.79 Å². The van der Waals surface area contributed by atoms with Crippen molar-refractivity contribution in [2.75, 3.05) is 13.1 Å². The van der Waals surface area contributed by atoms with E-state index in [-0.39, 0.29) is 5.91 Å². The van der Waals surface area contributed by atoms with E-state index in [4.69, 9.17) is 0 Å². The van der Waals surface area contributed by atoms with E-state index < -0.39 is 0 Å². The lowest BCUT2D eigenvalue weighted by Crippen LogP contribution is -2.33. The highest BCUT2D eigenvalue weighted by Crippen LogP contribution is 2.05. The maximum atomic E-state index is 11.1. The number of hydrogen-bond donors (Lipinski definition) is 2. The molecule has 1 amide bonds. The molecule has 1 aromatic carbocycles. The molecule has 82 valence electrons. The molecule has 0 aliphatic heterocycles. The Morgan fingerprint density at radius 3 is 2.73 bits per heavy atom. The predicted molar refractivity (Wildman–Crippen MR) is 61.6 cm³/mol. The average molecular weight is 206 g/mol. The highest BCUT2D eigenvalue weighted by molar-refractivity contribution is 5.77. The van der Waals surface area contributed by atoms with Crippen LogP contribution in [0.3, 0.4) is 0 Å². The van der Waals surface area contributed by atoms with Gasteiger partial charge in [-0.3, -0.25) is 4.79 Å². The van der Waals surface area contributed by atoms with Crippen molar-refractivity contribution in [3.63, 3.8) is 0 Å². The van der Waals surface area contributed by atoms with Crippen LogP contribution in [0.4, 0.5) is 0 Å². The Labute approximate surface area is 90.9 Å². The number of hydrogen-bond acceptors (Lipinski definition) is 2. The lowest BCUT2D eigenvalue weighted by molar-refractivity contribution is -0.120. The Morgan fingerprint density at radius 2 is 2.07 bits per heavy atom. The minimum absolute atomic E-state index is 0.0473. The lowest BCUT2D eigenvalue weighted by atomic mass is 10.1. The molecule has 2 N–H and O–H groups in total. The summed E-state index contributed by atoms with van der Waals surface area (Å²) in [5.74, 6) is 0.0473. The summed E-state index contributed by atoms with van der Waals surface area (Å²) in [4.78, 5) is 11.1. The SMILES string of the molecule is CCNC(=O)CNCc1ccccc1C. The van der Waals surface area contributed by atoms with E-state index in [2.05, 4.69) is 29.7 Å². The monoisotopic (exact) mass is 206 g/mol. The van der Waals surface area contributed by atoms with Crippen molar-refractivity contribution in [1.29, 1.82) is 0 Å². The van der Waals surface area contributed by atoms with Gasteiger partial charge in [-0.25, -0.2) is 0 Å². The van der Waals surface area contributed by atoms with E-state index in [1.54, 1.807) is 0 Å². The maximum absolute atomic E-state index is 11.1. The summed E-state index contributed by atoms with van der Waals surface area (Å²) in [6.45, 7) is 5.79. The fraction of sp³-hybridized carbons (Fsp3) is 0.417. The van der Waals surface area contributed by atoms with Gasteiger partial charge in [0.1, 0.15) is 0 Å². The summed E-state index contributed by atoms with van der Waals surface area (Å²) >= 11 is 0. The number of amides is 1. The van der Waals surface area contributed by atoms with Gasteiger partial charge >= 0.3 is 0 Å². The highest BCUT2D eigenvalue weighted by Gasteiger charge is 1.99. The molecule has 0 unspecified atom stereocenters. The van der Waals surface area contributed by atoms with Crippen LogP contribution in [0.1, 0.15) is 18.1 Å². The fourth-order valence-corrected chi connectivity index (χ4v) is 1.38. The second-order valence-corrected chi connectivity index (χ2v) is 3.48. The van der Waals surface area contributed by atoms with E-state index in [9.17, 15) is 4.79 Å². The zero-order chi connectivity index (χ0) is 11.1. The van der Waals surface area contributed by atoms with Crippen LogP contribution in [0.15, 0.2) is 24.3 Å². The van der Waals surface area contributed by atoms with Gasteiger partial charge < -0.3 is 10.6 Å². The Morgan fingerprint density at radius 1 is 1.33 bits per heavy atom. The molecule has 0 fully saturated rings. The van der Waals surface area contributed by atoms with Crippen molar-refractivity contribution in [2.24, 2.45) is 0 Å². The third-order valence-corrected chi connectivity index (χ3v) is 2.24. The van der Waals surface area contributed by atoms with Crippen LogP contribution in [0.5, 0.6) is 0 Å². The molecular formula is C12H18N2O. The first-order valence-corrected chi connectivity index (χ1v) is 5.26. The van der Waals surface area contributed by atoms with Gasteiger partial charge in [0, 0.05) is 13.1 Å². The fourth-order valence-electron chi connectivity index (χ4n) is 1.38. The third-order valence-electron chi connectivity index (χ3n) is 2.24. The number of aryl methyl sites for hydroxylation is 1. The Bertz CT molecular complexity index is 323. The van der Waals surface area contributed by atoms with E-state index in [0.29, 0.717) is 13.1 Å². The minimum Gasteiger partial charge on any atom is -0.355 e. The number of carbonyl (C=O) groups excluding carboxylic acids is 1. The summed E-state index contributed by atoms with van der Waals surface area (Å²) in [7, 11) is 0. The van der Waals surface area contributed by atoms with Crippen molar-refractivity contribution in [2.45, 2.75) is 20.4 Å². The molecule has 3 heteroatoms. The lowest BCUT2D eigenvalue weighted by Gasteiger charge is -2.07. The molecule has 0 radical (unpaired) electrons. The Kier molecular flexibility index (Phi) is 4.84. The topological polar surface area (TPSA) is 41.1 Å². The molecule has 0 heterocycles. The molecule has 0 saturated heterocycles. The van der Waals surface area contributed by atoms with Crippen LogP contribution in [-0.4, -0.2) is 19.0 Å². The molecule has 0 aliphatic rings. The summed E-state index contributed by atoms with van der Waals surface area (Å²) in [5.41, 5.74) is 2.49. The standard InChI is InChI=1S/C12H18N2O/c1-3-14-12(15)9-13-8-11-7-5-4-6-10(11)2/h4-7,13H,3,8-9H2,1-2H3,(H,14,15). The quantitative estimate of drug-likeness (QED) is 0.760. The van der Waals surface area contributed by atoms with Crippen LogP contribution in [-0.2, 0) is 11.3 Å². The minimum atomic E-state index is 0.0473. The first kappa shape index (κ1) is 11.7. The zero-order valence-corrected chi connectivity index (χ0v) is 9.34. The molecular weight excluding hydrogens is 188 g/mol. The van der Waals surface area contributed by atoms with Gasteiger partial charge in [-0.15, -0.1) is 0 Å². The second-order valence-electron chi connectivity index (χ2n) is 3.48. The van der Waals surface area contributed by atoms with Crippen LogP contribution < -0.4 is 10.6 Å². The van der Waals surface area contributed by atoms with Crippen molar-refractivity contribution in [3.05, 3.63) is 35.4 Å². The number of rotatable bonds is 5. The molecule has 3 nitrogen and oxygen atoms in total. The van der Waals surface area contributed by atoms with Crippen LogP contribution in [0.2, 0.25) is 0 Å². The van der Waals surface area contributed by atoms with Crippen LogP contribution in [0, 0.1) is 6.92 Å². The smallest absolute Gasteiger partial charge is 0.233 e. The van der Waals surface area contributed by atoms with Crippen LogP contribution in [0.25, 0.3) is 0 Å². The van der Waals surface area contributed by atoms with Gasteiger partial charge in [0.05, 0.1) is 6.54 Å². The largest absolute Gasteiger partial charge is 0.355 e. The van der Waals surface area contributed by atoms with Gasteiger partial charge in [-0.2, -0.15) is 0 Å². The van der Waals surface area contributed by atoms with Gasteiger partial charge in [0.2, 0.25) is 5.91 Å². The number of carbonyl (C=O) groups is 1. The number of benzene rings is 1. The van der Waals surface area contributed by atoms with Crippen LogP contribution >= 0.6 is 0 Å². The summed E-state index contributed by atoms with van der Waals surface area (Å²) in [6, 6.07) is 8.17. The molecule has 1 rings (SSSR count). The summed E-state index contributed by atoms with van der Waals surface area (Å²) in [6.07, 6.45) is 0. The van der Waals surface area contributed by atoms with E-state index in [0.717, 1.165) is 6.54 Å². The van der Waals surface area contributed by atoms with Crippen molar-refractivity contribution >= 4 is 5.91 Å². The van der Waals surface area contributed by atoms with Crippen molar-refractivity contribution in [1.82, 2.24) is 10.6 Å². The molecule has 0 saturated carbocycles. The molecule has 0 spiro atoms. The second kappa shape index (κ2) is 6.19. The van der Waals surface area contributed by atoms with E-state index >= 15 is 0 Å². The van der Waals surface area contributed by atoms with E-state index in [1.165, 1.54) is 11.1 Å². The zero-order valence-electron chi connectivity index (χ0n) is 9.34. The number of nitrogens with one attached hydrogen (secondary N) is 2. The molecule has 0 aliphatic carbocycles. The molecule has 0 bridgehead atoms. The Hall–Kier alpha value is -1.35. The van der Waals surface area contributed by atoms with Gasteiger partial charge in [-0.05, 0) is 25.0 Å². The Balaban J connectivity index is 2.32. The first-order valence-electron chi connectivity index (χ1n) is 5.26. The molecule has 15 heavy (non-hydrogen) atoms. The number of likely N-dealkylation sites (N-methyl/N-ethyl adjacent to an activating group) is 1. The molecule has 0 aromatic heterocycles. The first-order chi connectivity index (χ1) is 7.24. The average Bonchev–Trinajstić information content (AvgIpc) is 2.21. The highest BCUT2D eigenvalue weighted by atomic mass is 16.1. The van der Waals surface area contributed by atoms with E-state index in [1.807, 2.05) is 19.1 Å². The van der Waals surface area contributed by atoms with Gasteiger partial charge in [0.15, 0.2) is 0 Å². The molecule has 0 atom stereocenters. The van der Waals surface area contributed by atoms with Gasteiger partial charge in [-0.1, -0.05) is 24.3 Å². The summed E-state index contributed by atoms with van der Waals surface area (Å²) < 4.78 is 0. The third kappa shape index (κ3) is 4.13. The van der Waals surface area contributed by atoms with Crippen molar-refractivity contribution in [3.8, 4) is 0 Å².